The first kappa shape index (κ1) is 25.5. The van der Waals surface area contributed by atoms with Crippen LogP contribution in [0.2, 0.25) is 18.1 Å². The summed E-state index contributed by atoms with van der Waals surface area (Å²) in [6.07, 6.45) is 2.98. The van der Waals surface area contributed by atoms with Crippen molar-refractivity contribution in [1.82, 2.24) is 0 Å². The summed E-state index contributed by atoms with van der Waals surface area (Å²) in [5, 5.41) is 10.5. The Kier molecular flexibility index (Phi) is 9.67. The fourth-order valence-electron chi connectivity index (χ4n) is 3.45. The van der Waals surface area contributed by atoms with E-state index in [9.17, 15) is 9.90 Å². The van der Waals surface area contributed by atoms with Gasteiger partial charge in [0.15, 0.2) is 8.32 Å². The van der Waals surface area contributed by atoms with Crippen LogP contribution in [0.5, 0.6) is 0 Å². The van der Waals surface area contributed by atoms with Crippen LogP contribution in [0, 0.1) is 0 Å². The van der Waals surface area contributed by atoms with Crippen LogP contribution in [0.4, 0.5) is 0 Å². The zero-order valence-corrected chi connectivity index (χ0v) is 20.9. The van der Waals surface area contributed by atoms with Crippen LogP contribution in [0.25, 0.3) is 0 Å². The van der Waals surface area contributed by atoms with Gasteiger partial charge in [-0.2, -0.15) is 0 Å². The molecule has 0 unspecified atom stereocenters. The van der Waals surface area contributed by atoms with Gasteiger partial charge in [0, 0.05) is 12.8 Å². The van der Waals surface area contributed by atoms with Crippen LogP contribution in [0.15, 0.2) is 60.7 Å². The molecule has 0 saturated carbocycles. The summed E-state index contributed by atoms with van der Waals surface area (Å²) in [4.78, 5) is 12.8. The highest BCUT2D eigenvalue weighted by Gasteiger charge is 2.39. The minimum Gasteiger partial charge on any atom is -0.413 e. The van der Waals surface area contributed by atoms with E-state index in [-0.39, 0.29) is 23.3 Å². The molecule has 0 saturated heterocycles. The lowest BCUT2D eigenvalue weighted by atomic mass is 9.99. The van der Waals surface area contributed by atoms with Crippen LogP contribution >= 0.6 is 0 Å². The zero-order chi connectivity index (χ0) is 22.9. The third-order valence-corrected chi connectivity index (χ3v) is 10.9. The molecule has 2 aromatic rings. The van der Waals surface area contributed by atoms with Crippen LogP contribution in [-0.2, 0) is 22.1 Å². The lowest BCUT2D eigenvalue weighted by molar-refractivity contribution is -0.122. The molecule has 31 heavy (non-hydrogen) atoms. The molecule has 1 N–H and O–H groups in total. The summed E-state index contributed by atoms with van der Waals surface area (Å²) < 4.78 is 6.64. The number of hydrogen-bond donors (Lipinski definition) is 1. The predicted molar refractivity (Wildman–Crippen MR) is 132 cm³/mol. The molecule has 2 atom stereocenters. The first-order chi connectivity index (χ1) is 14.6. The highest BCUT2D eigenvalue weighted by Crippen LogP contribution is 2.38. The predicted octanol–water partition coefficient (Wildman–Crippen LogP) is 6.35. The Hall–Kier alpha value is -1.75. The second kappa shape index (κ2) is 11.7. The van der Waals surface area contributed by atoms with Crippen LogP contribution in [-0.4, -0.2) is 31.4 Å². The summed E-state index contributed by atoms with van der Waals surface area (Å²) in [5.41, 5.74) is 2.46. The minimum absolute atomic E-state index is 0.0935. The van der Waals surface area contributed by atoms with Crippen molar-refractivity contribution >= 4 is 14.1 Å². The molecular weight excluding hydrogens is 400 g/mol. The molecule has 0 spiro atoms. The SMILES string of the molecule is CC(C)(C)[Si](C)(C)O[C@H](CCc1ccccc1)CC(=O)C[C@H](O)CCc1ccccc1. The molecule has 3 nitrogen and oxygen atoms in total. The Labute approximate surface area is 190 Å². The molecule has 0 fully saturated rings. The van der Waals surface area contributed by atoms with Gasteiger partial charge in [-0.1, -0.05) is 81.4 Å². The van der Waals surface area contributed by atoms with Crippen LogP contribution in [0.1, 0.15) is 57.6 Å². The van der Waals surface area contributed by atoms with E-state index in [1.54, 1.807) is 0 Å². The first-order valence-corrected chi connectivity index (χ1v) is 14.4. The van der Waals surface area contributed by atoms with Gasteiger partial charge in [-0.05, 0) is 54.9 Å². The lowest BCUT2D eigenvalue weighted by Gasteiger charge is -2.39. The van der Waals surface area contributed by atoms with Gasteiger partial charge in [0.1, 0.15) is 5.78 Å². The van der Waals surface area contributed by atoms with Gasteiger partial charge in [-0.3, -0.25) is 4.79 Å². The number of carbonyl (C=O) groups excluding carboxylic acids is 1. The molecule has 2 rings (SSSR count). The maximum absolute atomic E-state index is 12.8. The first-order valence-electron chi connectivity index (χ1n) is 11.5. The third kappa shape index (κ3) is 9.10. The van der Waals surface area contributed by atoms with E-state index in [1.807, 2.05) is 36.4 Å². The van der Waals surface area contributed by atoms with Crippen molar-refractivity contribution in [2.45, 2.75) is 89.6 Å². The van der Waals surface area contributed by atoms with Gasteiger partial charge in [-0.25, -0.2) is 0 Å². The largest absolute Gasteiger partial charge is 0.413 e. The van der Waals surface area contributed by atoms with Crippen LogP contribution in [0.3, 0.4) is 0 Å². The molecule has 4 heteroatoms. The average Bonchev–Trinajstić information content (AvgIpc) is 2.71. The molecule has 0 radical (unpaired) electrons. The number of ketones is 1. The average molecular weight is 441 g/mol. The maximum atomic E-state index is 12.8. The molecule has 0 aromatic heterocycles. The van der Waals surface area contributed by atoms with E-state index in [0.717, 1.165) is 19.3 Å². The topological polar surface area (TPSA) is 46.5 Å². The fourth-order valence-corrected chi connectivity index (χ4v) is 4.84. The molecule has 0 heterocycles. The lowest BCUT2D eigenvalue weighted by Crippen LogP contribution is -2.44. The van der Waals surface area contributed by atoms with E-state index in [2.05, 4.69) is 58.1 Å². The number of carbonyl (C=O) groups is 1. The van der Waals surface area contributed by atoms with Gasteiger partial charge >= 0.3 is 0 Å². The van der Waals surface area contributed by atoms with Crippen LogP contribution < -0.4 is 0 Å². The smallest absolute Gasteiger partial charge is 0.192 e. The maximum Gasteiger partial charge on any atom is 0.192 e. The molecule has 0 aliphatic rings. The molecule has 170 valence electrons. The fraction of sp³-hybridized carbons (Fsp3) is 0.519. The van der Waals surface area contributed by atoms with Crippen molar-refractivity contribution in [2.24, 2.45) is 0 Å². The van der Waals surface area contributed by atoms with Gasteiger partial charge in [0.05, 0.1) is 12.2 Å². The van der Waals surface area contributed by atoms with Gasteiger partial charge in [-0.15, -0.1) is 0 Å². The van der Waals surface area contributed by atoms with Gasteiger partial charge in [0.2, 0.25) is 0 Å². The monoisotopic (exact) mass is 440 g/mol. The standard InChI is InChI=1S/C27H40O3Si/c1-27(2,3)31(4,5)30-26(19-17-23-14-10-7-11-15-23)21-25(29)20-24(28)18-16-22-12-8-6-9-13-22/h6-15,24,26,28H,16-21H2,1-5H3/t24-,26-/m1/s1. The molecular formula is C27H40O3Si. The van der Waals surface area contributed by atoms with Crippen molar-refractivity contribution in [2.75, 3.05) is 0 Å². The van der Waals surface area contributed by atoms with Crippen molar-refractivity contribution in [1.29, 1.82) is 0 Å². The normalized spacial score (nSPS) is 14.3. The zero-order valence-electron chi connectivity index (χ0n) is 19.9. The molecule has 0 bridgehead atoms. The molecule has 0 amide bonds. The van der Waals surface area contributed by atoms with Gasteiger partial charge in [0.25, 0.3) is 0 Å². The summed E-state index contributed by atoms with van der Waals surface area (Å²) in [7, 11) is -1.99. The molecule has 0 aliphatic heterocycles. The quantitative estimate of drug-likeness (QED) is 0.391. The van der Waals surface area contributed by atoms with Crippen molar-refractivity contribution in [3.8, 4) is 0 Å². The highest BCUT2D eigenvalue weighted by atomic mass is 28.4. The number of Topliss-reactive ketones (excluding diaryl/α,β-unsaturated/α-hetero) is 1. The summed E-state index contributed by atoms with van der Waals surface area (Å²) in [6, 6.07) is 20.5. The van der Waals surface area contributed by atoms with Crippen molar-refractivity contribution in [3.63, 3.8) is 0 Å². The number of hydrogen-bond acceptors (Lipinski definition) is 3. The number of rotatable bonds is 12. The van der Waals surface area contributed by atoms with E-state index in [1.165, 1.54) is 11.1 Å². The summed E-state index contributed by atoms with van der Waals surface area (Å²) in [6.45, 7) is 11.2. The van der Waals surface area contributed by atoms with E-state index in [4.69, 9.17) is 4.43 Å². The summed E-state index contributed by atoms with van der Waals surface area (Å²) >= 11 is 0. The number of aliphatic hydroxyl groups excluding tert-OH is 1. The van der Waals surface area contributed by atoms with Crippen molar-refractivity contribution in [3.05, 3.63) is 71.8 Å². The Morgan fingerprint density at radius 1 is 0.871 bits per heavy atom. The van der Waals surface area contributed by atoms with E-state index >= 15 is 0 Å². The second-order valence-corrected chi connectivity index (χ2v) is 14.9. The minimum atomic E-state index is -1.99. The van der Waals surface area contributed by atoms with Gasteiger partial charge < -0.3 is 9.53 Å². The number of aryl methyl sites for hydroxylation is 2. The molecule has 0 aliphatic carbocycles. The number of benzene rings is 2. The summed E-state index contributed by atoms with van der Waals surface area (Å²) in [5.74, 6) is 0.0948. The van der Waals surface area contributed by atoms with Crippen molar-refractivity contribution < 1.29 is 14.3 Å². The number of aliphatic hydroxyl groups is 1. The van der Waals surface area contributed by atoms with E-state index in [0.29, 0.717) is 12.8 Å². The highest BCUT2D eigenvalue weighted by molar-refractivity contribution is 6.74. The second-order valence-electron chi connectivity index (χ2n) is 10.1. The molecule has 2 aromatic carbocycles. The van der Waals surface area contributed by atoms with E-state index < -0.39 is 14.4 Å². The Morgan fingerprint density at radius 3 is 1.84 bits per heavy atom. The Morgan fingerprint density at radius 2 is 1.35 bits per heavy atom. The Bertz CT molecular complexity index is 781. The third-order valence-electron chi connectivity index (χ3n) is 6.39. The Balaban J connectivity index is 1.93.